The lowest BCUT2D eigenvalue weighted by molar-refractivity contribution is -0.243. The van der Waals surface area contributed by atoms with Gasteiger partial charge in [0.15, 0.2) is 0 Å². The van der Waals surface area contributed by atoms with Crippen molar-refractivity contribution in [1.82, 2.24) is 0 Å². The second kappa shape index (κ2) is 18.1. The molecule has 2 atom stereocenters. The molecular formula is C36H45FO5. The molecule has 0 amide bonds. The summed E-state index contributed by atoms with van der Waals surface area (Å²) in [6.07, 6.45) is 8.60. The van der Waals surface area contributed by atoms with E-state index in [1.54, 1.807) is 24.3 Å². The van der Waals surface area contributed by atoms with Gasteiger partial charge in [-0.15, -0.1) is 0 Å². The van der Waals surface area contributed by atoms with E-state index in [0.717, 1.165) is 47.9 Å². The van der Waals surface area contributed by atoms with Crippen molar-refractivity contribution < 1.29 is 28.5 Å². The zero-order valence-corrected chi connectivity index (χ0v) is 25.3. The van der Waals surface area contributed by atoms with Gasteiger partial charge in [-0.05, 0) is 59.4 Å². The molecule has 5 nitrogen and oxygen atoms in total. The molecule has 0 aromatic heterocycles. The number of alkyl halides is 1. The maximum Gasteiger partial charge on any atom is 0.373 e. The average molecular weight is 577 g/mol. The largest absolute Gasteiger partial charge is 0.426 e. The first-order valence-corrected chi connectivity index (χ1v) is 15.4. The standard InChI is InChI=1S/C36H45FO5/c1-4-6-7-8-9-10-11-14-31(37)25-26-40-42-36(39)30-19-17-28(18-20-30)33-15-12-13-16-34(33)29-21-23-32(24-22-29)41-35(38)27(3)5-2/h12-13,15-24,27,31H,4-11,14,25-26H2,1-3H3/t27-,31?/m0/s1. The van der Waals surface area contributed by atoms with Gasteiger partial charge in [-0.3, -0.25) is 9.68 Å². The molecule has 0 aliphatic rings. The van der Waals surface area contributed by atoms with Crippen LogP contribution in [0.5, 0.6) is 5.75 Å². The summed E-state index contributed by atoms with van der Waals surface area (Å²) >= 11 is 0. The number of carbonyl (C=O) groups is 2. The van der Waals surface area contributed by atoms with Crippen molar-refractivity contribution in [2.24, 2.45) is 5.92 Å². The van der Waals surface area contributed by atoms with E-state index < -0.39 is 12.1 Å². The van der Waals surface area contributed by atoms with E-state index in [1.165, 1.54) is 25.7 Å². The first-order valence-electron chi connectivity index (χ1n) is 15.4. The van der Waals surface area contributed by atoms with Gasteiger partial charge in [0, 0.05) is 6.42 Å². The number of unbranched alkanes of at least 4 members (excludes halogenated alkanes) is 6. The normalized spacial score (nSPS) is 12.5. The molecule has 226 valence electrons. The molecular weight excluding hydrogens is 531 g/mol. The Labute approximate surface area is 250 Å². The fourth-order valence-electron chi connectivity index (χ4n) is 4.64. The summed E-state index contributed by atoms with van der Waals surface area (Å²) in [4.78, 5) is 34.5. The van der Waals surface area contributed by atoms with E-state index in [4.69, 9.17) is 14.5 Å². The number of carbonyl (C=O) groups excluding carboxylic acids is 2. The van der Waals surface area contributed by atoms with Gasteiger partial charge in [0.05, 0.1) is 18.1 Å². The number of rotatable bonds is 18. The van der Waals surface area contributed by atoms with Crippen molar-refractivity contribution in [3.05, 3.63) is 78.4 Å². The summed E-state index contributed by atoms with van der Waals surface area (Å²) < 4.78 is 19.6. The molecule has 0 bridgehead atoms. The minimum Gasteiger partial charge on any atom is -0.426 e. The molecule has 0 aliphatic heterocycles. The van der Waals surface area contributed by atoms with E-state index in [1.807, 2.05) is 62.4 Å². The molecule has 0 aliphatic carbocycles. The smallest absolute Gasteiger partial charge is 0.373 e. The van der Waals surface area contributed by atoms with E-state index in [0.29, 0.717) is 17.7 Å². The zero-order chi connectivity index (χ0) is 30.2. The minimum absolute atomic E-state index is 0.0322. The molecule has 42 heavy (non-hydrogen) atoms. The van der Waals surface area contributed by atoms with Gasteiger partial charge in [-0.2, -0.15) is 4.89 Å². The summed E-state index contributed by atoms with van der Waals surface area (Å²) in [5.41, 5.74) is 4.26. The fraction of sp³-hybridized carbons (Fsp3) is 0.444. The Bertz CT molecular complexity index is 1220. The van der Waals surface area contributed by atoms with E-state index in [2.05, 4.69) is 6.92 Å². The maximum absolute atomic E-state index is 14.1. The van der Waals surface area contributed by atoms with Crippen LogP contribution < -0.4 is 4.74 Å². The van der Waals surface area contributed by atoms with Crippen molar-refractivity contribution in [2.75, 3.05) is 6.61 Å². The maximum atomic E-state index is 14.1. The number of halogens is 1. The van der Waals surface area contributed by atoms with Crippen LogP contribution in [0, 0.1) is 5.92 Å². The van der Waals surface area contributed by atoms with Gasteiger partial charge in [0.25, 0.3) is 0 Å². The number of ether oxygens (including phenoxy) is 1. The lowest BCUT2D eigenvalue weighted by Gasteiger charge is -2.12. The van der Waals surface area contributed by atoms with Crippen LogP contribution in [0.25, 0.3) is 22.3 Å². The zero-order valence-electron chi connectivity index (χ0n) is 25.3. The topological polar surface area (TPSA) is 61.8 Å². The molecule has 0 heterocycles. The monoisotopic (exact) mass is 576 g/mol. The van der Waals surface area contributed by atoms with Crippen LogP contribution in [0.3, 0.4) is 0 Å². The lowest BCUT2D eigenvalue weighted by atomic mass is 9.94. The van der Waals surface area contributed by atoms with Gasteiger partial charge >= 0.3 is 11.9 Å². The molecule has 0 radical (unpaired) electrons. The summed E-state index contributed by atoms with van der Waals surface area (Å²) in [5, 5.41) is 0. The molecule has 0 saturated carbocycles. The molecule has 0 spiro atoms. The van der Waals surface area contributed by atoms with E-state index in [-0.39, 0.29) is 24.9 Å². The van der Waals surface area contributed by atoms with Gasteiger partial charge < -0.3 is 4.74 Å². The summed E-state index contributed by atoms with van der Waals surface area (Å²) in [7, 11) is 0. The molecule has 0 saturated heterocycles. The van der Waals surface area contributed by atoms with Gasteiger partial charge in [-0.25, -0.2) is 9.18 Å². The van der Waals surface area contributed by atoms with Crippen LogP contribution in [0.1, 0.15) is 95.3 Å². The van der Waals surface area contributed by atoms with Crippen molar-refractivity contribution >= 4 is 11.9 Å². The predicted octanol–water partition coefficient (Wildman–Crippen LogP) is 9.93. The third-order valence-corrected chi connectivity index (χ3v) is 7.53. The van der Waals surface area contributed by atoms with Crippen LogP contribution >= 0.6 is 0 Å². The fourth-order valence-corrected chi connectivity index (χ4v) is 4.64. The third kappa shape index (κ3) is 10.7. The molecule has 3 aromatic carbocycles. The number of benzene rings is 3. The molecule has 3 rings (SSSR count). The summed E-state index contributed by atoms with van der Waals surface area (Å²) in [5.74, 6) is -0.481. The minimum atomic E-state index is -0.949. The molecule has 0 fully saturated rings. The second-order valence-corrected chi connectivity index (χ2v) is 10.9. The first-order chi connectivity index (χ1) is 20.4. The van der Waals surface area contributed by atoms with E-state index >= 15 is 0 Å². The number of hydrogen-bond donors (Lipinski definition) is 0. The average Bonchev–Trinajstić information content (AvgIpc) is 3.02. The third-order valence-electron chi connectivity index (χ3n) is 7.53. The SMILES string of the molecule is CCCCCCCCCC(F)CCOOC(=O)c1ccc(-c2ccccc2-c2ccc(OC(=O)[C@@H](C)CC)cc2)cc1. The predicted molar refractivity (Wildman–Crippen MR) is 166 cm³/mol. The Morgan fingerprint density at radius 3 is 1.90 bits per heavy atom. The van der Waals surface area contributed by atoms with Crippen LogP contribution in [0.15, 0.2) is 72.8 Å². The quantitative estimate of drug-likeness (QED) is 0.0496. The first kappa shape index (κ1) is 33.0. The molecule has 3 aromatic rings. The van der Waals surface area contributed by atoms with Crippen molar-refractivity contribution in [3.63, 3.8) is 0 Å². The Balaban J connectivity index is 1.48. The highest BCUT2D eigenvalue weighted by atomic mass is 19.1. The summed E-state index contributed by atoms with van der Waals surface area (Å²) in [6.45, 7) is 6.04. The van der Waals surface area contributed by atoms with Crippen molar-refractivity contribution in [1.29, 1.82) is 0 Å². The van der Waals surface area contributed by atoms with E-state index in [9.17, 15) is 14.0 Å². The highest BCUT2D eigenvalue weighted by Gasteiger charge is 2.15. The van der Waals surface area contributed by atoms with Crippen molar-refractivity contribution in [2.45, 2.75) is 91.2 Å². The molecule has 1 unspecified atom stereocenters. The van der Waals surface area contributed by atoms with Crippen LogP contribution in [0.2, 0.25) is 0 Å². The molecule has 0 N–H and O–H groups in total. The van der Waals surface area contributed by atoms with Gasteiger partial charge in [0.2, 0.25) is 0 Å². The number of esters is 1. The Kier molecular flexibility index (Phi) is 14.2. The Morgan fingerprint density at radius 2 is 1.31 bits per heavy atom. The van der Waals surface area contributed by atoms with Crippen LogP contribution in [0.4, 0.5) is 4.39 Å². The number of hydrogen-bond acceptors (Lipinski definition) is 5. The van der Waals surface area contributed by atoms with Crippen molar-refractivity contribution in [3.8, 4) is 28.0 Å². The second-order valence-electron chi connectivity index (χ2n) is 10.9. The van der Waals surface area contributed by atoms with Crippen LogP contribution in [-0.2, 0) is 14.6 Å². The Hall–Kier alpha value is -3.51. The van der Waals surface area contributed by atoms with Gasteiger partial charge in [-0.1, -0.05) is 114 Å². The Morgan fingerprint density at radius 1 is 0.738 bits per heavy atom. The lowest BCUT2D eigenvalue weighted by Crippen LogP contribution is -2.16. The highest BCUT2D eigenvalue weighted by Crippen LogP contribution is 2.33. The van der Waals surface area contributed by atoms with Crippen LogP contribution in [-0.4, -0.2) is 24.7 Å². The van der Waals surface area contributed by atoms with Gasteiger partial charge in [0.1, 0.15) is 11.9 Å². The highest BCUT2D eigenvalue weighted by molar-refractivity contribution is 5.90. The summed E-state index contributed by atoms with van der Waals surface area (Å²) in [6, 6.07) is 22.5. The molecule has 6 heteroatoms.